The zero-order valence-electron chi connectivity index (χ0n) is 67.4. The van der Waals surface area contributed by atoms with Crippen LogP contribution in [0.1, 0.15) is 51.4 Å². The number of benzene rings is 4. The van der Waals surface area contributed by atoms with Crippen molar-refractivity contribution in [2.24, 2.45) is 10.3 Å². The van der Waals surface area contributed by atoms with Gasteiger partial charge in [-0.25, -0.2) is 71.4 Å². The van der Waals surface area contributed by atoms with Crippen molar-refractivity contribution in [3.8, 4) is 46.3 Å². The number of nitrogens with two attached hydrogens (primary N) is 6. The van der Waals surface area contributed by atoms with Gasteiger partial charge in [0.2, 0.25) is 114 Å². The summed E-state index contributed by atoms with van der Waals surface area (Å²) in [6.45, 7) is 7.43. The van der Waals surface area contributed by atoms with Gasteiger partial charge in [-0.15, -0.1) is 32.2 Å². The number of nitrogens with one attached hydrogen (secondary N) is 12. The average Bonchev–Trinajstić information content (AvgIpc) is 1.73. The molecule has 46 nitrogen and oxygen atoms in total. The van der Waals surface area contributed by atoms with Crippen molar-refractivity contribution in [3.05, 3.63) is 128 Å². The third kappa shape index (κ3) is 22.8. The number of anilines is 16. The fourth-order valence-electron chi connectivity index (χ4n) is 13.2. The lowest BCUT2D eigenvalue weighted by molar-refractivity contribution is 0.406. The number of piperidine rings is 4. The summed E-state index contributed by atoms with van der Waals surface area (Å²) in [4.78, 5) is 52.6. The van der Waals surface area contributed by atoms with Crippen LogP contribution in [0.2, 0.25) is 0 Å². The quantitative estimate of drug-likeness (QED) is 0.0318. The first-order chi connectivity index (χ1) is 59.5. The first-order valence-corrected chi connectivity index (χ1v) is 42.9. The Hall–Kier alpha value is -13.5. The number of thioether (sulfide) groups is 1. The van der Waals surface area contributed by atoms with Gasteiger partial charge in [-0.05, 0) is 181 Å². The van der Waals surface area contributed by atoms with E-state index in [2.05, 4.69) is 144 Å². The molecule has 4 aliphatic heterocycles. The topological polar surface area (TPSA) is 632 Å². The molecule has 123 heavy (non-hydrogen) atoms. The summed E-state index contributed by atoms with van der Waals surface area (Å²) >= 11 is 1.68. The van der Waals surface area contributed by atoms with Crippen molar-refractivity contribution >= 4 is 125 Å². The van der Waals surface area contributed by atoms with Gasteiger partial charge in [-0.2, -0.15) is 38.7 Å². The van der Waals surface area contributed by atoms with Crippen molar-refractivity contribution < 1.29 is 40.2 Å². The molecule has 0 saturated carbocycles. The van der Waals surface area contributed by atoms with Crippen LogP contribution >= 0.6 is 11.8 Å². The Morgan fingerprint density at radius 1 is 0.382 bits per heavy atom. The summed E-state index contributed by atoms with van der Waals surface area (Å²) < 4.78 is 86.5. The Morgan fingerprint density at radius 2 is 0.626 bits per heavy atom. The summed E-state index contributed by atoms with van der Waals surface area (Å²) in [5, 5.41) is 66.9. The number of nitrogens with zero attached hydrogens (tertiary/aromatic N) is 20. The van der Waals surface area contributed by atoms with Crippen LogP contribution in [0.4, 0.5) is 98.0 Å². The number of primary sulfonamides is 2. The highest BCUT2D eigenvalue weighted by molar-refractivity contribution is 7.98. The molecular weight excluding hydrogens is 1650 g/mol. The Morgan fingerprint density at radius 3 is 0.846 bits per heavy atom. The highest BCUT2D eigenvalue weighted by Gasteiger charge is 2.28. The number of hydrogen-bond donors (Lipinski definition) is 18. The molecule has 4 saturated heterocycles. The number of ether oxygens (including phenoxy) is 4. The smallest absolute Gasteiger partial charge is 0.248 e. The minimum atomic E-state index is -3.77. The van der Waals surface area contributed by atoms with Crippen LogP contribution in [0.5, 0.6) is 23.0 Å². The van der Waals surface area contributed by atoms with Gasteiger partial charge < -0.3 is 106 Å². The Balaban J connectivity index is 0.000000141. The predicted octanol–water partition coefficient (Wildman–Crippen LogP) is 4.38. The third-order valence-electron chi connectivity index (χ3n) is 19.2. The minimum absolute atomic E-state index is 0.0000282. The maximum absolute atomic E-state index is 13.1. The number of sulfonamides is 2. The van der Waals surface area contributed by atoms with Crippen LogP contribution < -0.4 is 116 Å². The number of halogens is 1. The SMILES string of the molecule is COc1c(NC2CCCNC2)ncnc1-n1nc(Nc2ccc(S(N)(=O)=O)cc2)nc1N.COc1c(N[C@H]2CCCNC2)ncnc1-n1nc(Nc2ccc(F)cc2)nc1N.COc1c(N[C@H]2CCCNC2)ncnc1-n1nc(Nc2ccc(S(N)(=O)=O)cc2)nc1N.COc1c(N[C@H]2CCCNC2)ncnc1-n1nc(Nc2ccc(SC)cc2)nc1N. The number of rotatable bonds is 27. The van der Waals surface area contributed by atoms with Crippen LogP contribution in [-0.2, 0) is 20.0 Å². The van der Waals surface area contributed by atoms with Gasteiger partial charge in [0.15, 0.2) is 23.3 Å². The van der Waals surface area contributed by atoms with Gasteiger partial charge in [-0.1, -0.05) is 0 Å². The maximum Gasteiger partial charge on any atom is 0.248 e. The molecule has 1 unspecified atom stereocenters. The van der Waals surface area contributed by atoms with Crippen LogP contribution in [0.25, 0.3) is 23.3 Å². The molecular formula is C73H95FN38O8S3. The van der Waals surface area contributed by atoms with E-state index in [1.165, 1.54) is 107 Å². The molecule has 12 heterocycles. The maximum atomic E-state index is 13.1. The summed E-state index contributed by atoms with van der Waals surface area (Å²) in [7, 11) is -1.40. The summed E-state index contributed by atoms with van der Waals surface area (Å²) in [5.74, 6) is 6.51. The number of nitrogen functional groups attached to an aromatic ring is 4. The van der Waals surface area contributed by atoms with E-state index in [0.29, 0.717) is 92.6 Å². The second-order valence-corrected chi connectivity index (χ2v) is 31.8. The van der Waals surface area contributed by atoms with Crippen molar-refractivity contribution in [3.63, 3.8) is 0 Å². The monoisotopic (exact) mass is 1750 g/mol. The second kappa shape index (κ2) is 40.7. The summed E-state index contributed by atoms with van der Waals surface area (Å²) in [6, 6.07) is 26.5. The van der Waals surface area contributed by atoms with Crippen LogP contribution in [0, 0.1) is 5.82 Å². The Kier molecular flexibility index (Phi) is 28.9. The van der Waals surface area contributed by atoms with E-state index in [-0.39, 0.29) is 81.4 Å². The zero-order valence-corrected chi connectivity index (χ0v) is 69.9. The molecule has 0 bridgehead atoms. The van der Waals surface area contributed by atoms with Gasteiger partial charge in [0.25, 0.3) is 0 Å². The molecule has 0 amide bonds. The van der Waals surface area contributed by atoms with E-state index in [4.69, 9.17) is 52.2 Å². The molecule has 0 aliphatic carbocycles. The lowest BCUT2D eigenvalue weighted by Crippen LogP contribution is -2.38. The van der Waals surface area contributed by atoms with Crippen molar-refractivity contribution in [1.82, 2.24) is 120 Å². The highest BCUT2D eigenvalue weighted by atomic mass is 32.2. The third-order valence-corrected chi connectivity index (χ3v) is 21.8. The zero-order chi connectivity index (χ0) is 86.6. The lowest BCUT2D eigenvalue weighted by atomic mass is 10.1. The van der Waals surface area contributed by atoms with Crippen LogP contribution in [0.3, 0.4) is 0 Å². The lowest BCUT2D eigenvalue weighted by Gasteiger charge is -2.25. The van der Waals surface area contributed by atoms with E-state index in [1.54, 1.807) is 55.3 Å². The van der Waals surface area contributed by atoms with E-state index in [9.17, 15) is 21.2 Å². The highest BCUT2D eigenvalue weighted by Crippen LogP contribution is 2.36. The van der Waals surface area contributed by atoms with E-state index >= 15 is 0 Å². The van der Waals surface area contributed by atoms with Gasteiger partial charge in [-0.3, -0.25) is 0 Å². The molecule has 24 N–H and O–H groups in total. The van der Waals surface area contributed by atoms with E-state index in [0.717, 1.165) is 109 Å². The molecule has 12 aromatic rings. The molecule has 0 radical (unpaired) electrons. The molecule has 4 atom stereocenters. The molecule has 16 rings (SSSR count). The van der Waals surface area contributed by atoms with Crippen LogP contribution in [-0.4, -0.2) is 227 Å². The average molecular weight is 1750 g/mol. The number of methoxy groups -OCH3 is 4. The second-order valence-electron chi connectivity index (χ2n) is 27.8. The molecule has 4 aliphatic rings. The Labute approximate surface area is 709 Å². The molecule has 4 fully saturated rings. The first-order valence-electron chi connectivity index (χ1n) is 38.6. The van der Waals surface area contributed by atoms with E-state index in [1.807, 2.05) is 30.5 Å². The van der Waals surface area contributed by atoms with E-state index < -0.39 is 20.0 Å². The van der Waals surface area contributed by atoms with Crippen LogP contribution in [0.15, 0.2) is 137 Å². The molecule has 4 aromatic carbocycles. The molecule has 8 aromatic heterocycles. The van der Waals surface area contributed by atoms with Gasteiger partial charge in [0, 0.05) is 78.0 Å². The molecule has 650 valence electrons. The van der Waals surface area contributed by atoms with Crippen molar-refractivity contribution in [2.75, 3.05) is 153 Å². The number of hydrogen-bond acceptors (Lipinski definition) is 41. The fraction of sp³-hybridized carbons (Fsp3) is 0.342. The summed E-state index contributed by atoms with van der Waals surface area (Å²) in [6.07, 6.45) is 16.2. The summed E-state index contributed by atoms with van der Waals surface area (Å²) in [5.41, 5.74) is 26.9. The van der Waals surface area contributed by atoms with Gasteiger partial charge in [0.1, 0.15) is 31.1 Å². The predicted molar refractivity (Wildman–Crippen MR) is 463 cm³/mol. The fourth-order valence-corrected chi connectivity index (χ4v) is 14.6. The van der Waals surface area contributed by atoms with Crippen molar-refractivity contribution in [2.45, 2.75) is 90.2 Å². The molecule has 0 spiro atoms. The van der Waals surface area contributed by atoms with Gasteiger partial charge in [0.05, 0.1) is 38.2 Å². The number of aromatic nitrogens is 20. The Bertz CT molecular complexity index is 5550. The minimum Gasteiger partial charge on any atom is -0.490 e. The standard InChI is InChI=1S/C19H25N9OS.C18H22FN9O.2C18H24N10O3S/c1-29-15-16(24-13-4-3-9-21-10-13)22-11-23-17(15)28-18(20)26-19(27-28)25-12-5-7-14(30-2)8-6-12;1-29-14-15(24-13-3-2-8-21-9-13)22-10-23-16(14)28-17(20)26-18(27-28)25-12-6-4-11(19)5-7-12;2*1-31-14-15(24-12-3-2-8-21-9-12)22-10-23-16(14)28-17(19)26-18(27-28)25-11-4-6-13(7-5-11)32(20,29)30/h5-8,11,13,21H,3-4,9-10H2,1-2H3,(H,22,23,24)(H3,20,25,26,27);4-7,10,13,21H,2-3,8-9H2,1H3,(H,22,23,24)(H3,20,25,26,27);2*4-7,10,12,21H,2-3,8-9H2,1H3,(H2,20,29,30)(H,22,23,24)(H3,19,25,26,27)/t2*13-;12-;/m000./s1. The largest absolute Gasteiger partial charge is 0.490 e. The van der Waals surface area contributed by atoms with Gasteiger partial charge >= 0.3 is 0 Å². The first kappa shape index (κ1) is 87.3. The molecule has 50 heteroatoms. The van der Waals surface area contributed by atoms with Crippen molar-refractivity contribution in [1.29, 1.82) is 0 Å². The normalized spacial score (nSPS) is 16.4.